The average molecular weight is 280 g/mol. The number of aliphatic hydroxyl groups excluding tert-OH is 1. The first-order valence-electron chi connectivity index (χ1n) is 7.84. The third-order valence-corrected chi connectivity index (χ3v) is 4.75. The van der Waals surface area contributed by atoms with Crippen molar-refractivity contribution in [3.8, 4) is 5.75 Å². The minimum atomic E-state index is -0.316. The first kappa shape index (κ1) is 12.9. The van der Waals surface area contributed by atoms with Gasteiger partial charge in [-0.3, -0.25) is 0 Å². The van der Waals surface area contributed by atoms with Gasteiger partial charge < -0.3 is 9.84 Å². The molecule has 2 aromatic rings. The van der Waals surface area contributed by atoms with Gasteiger partial charge >= 0.3 is 0 Å². The summed E-state index contributed by atoms with van der Waals surface area (Å²) in [7, 11) is 0. The Morgan fingerprint density at radius 3 is 2.90 bits per heavy atom. The monoisotopic (exact) mass is 280 g/mol. The van der Waals surface area contributed by atoms with E-state index in [0.29, 0.717) is 6.61 Å². The van der Waals surface area contributed by atoms with Crippen LogP contribution < -0.4 is 4.74 Å². The van der Waals surface area contributed by atoms with Crippen molar-refractivity contribution in [1.29, 1.82) is 0 Å². The van der Waals surface area contributed by atoms with Crippen LogP contribution in [0.25, 0.3) is 0 Å². The third kappa shape index (κ3) is 2.34. The molecular weight excluding hydrogens is 260 g/mol. The molecule has 0 spiro atoms. The Morgan fingerprint density at radius 1 is 1.05 bits per heavy atom. The van der Waals surface area contributed by atoms with Crippen LogP contribution in [-0.2, 0) is 25.9 Å². The molecule has 0 amide bonds. The van der Waals surface area contributed by atoms with Crippen LogP contribution in [0.15, 0.2) is 36.4 Å². The summed E-state index contributed by atoms with van der Waals surface area (Å²) >= 11 is 0. The molecule has 0 saturated heterocycles. The Balaban J connectivity index is 1.53. The lowest BCUT2D eigenvalue weighted by Crippen LogP contribution is -1.99. The van der Waals surface area contributed by atoms with Gasteiger partial charge in [-0.25, -0.2) is 0 Å². The molecule has 0 radical (unpaired) electrons. The lowest BCUT2D eigenvalue weighted by Gasteiger charge is -2.12. The summed E-state index contributed by atoms with van der Waals surface area (Å²) in [4.78, 5) is 0. The van der Waals surface area contributed by atoms with Gasteiger partial charge in [-0.05, 0) is 60.4 Å². The standard InChI is InChI=1S/C19H20O2/c20-18-10-9-17-16(18)5-2-6-19(17)21-12-13-7-8-14-3-1-4-15(14)11-13/h2,5-8,11,18,20H,1,3-4,9-10,12H2. The van der Waals surface area contributed by atoms with Crippen LogP contribution >= 0.6 is 0 Å². The number of benzene rings is 2. The maximum Gasteiger partial charge on any atom is 0.123 e. The van der Waals surface area contributed by atoms with E-state index < -0.39 is 0 Å². The fraction of sp³-hybridized carbons (Fsp3) is 0.368. The van der Waals surface area contributed by atoms with Gasteiger partial charge in [0.15, 0.2) is 0 Å². The van der Waals surface area contributed by atoms with Crippen LogP contribution in [0.1, 0.15) is 46.8 Å². The van der Waals surface area contributed by atoms with Crippen molar-refractivity contribution in [2.45, 2.75) is 44.8 Å². The molecule has 0 fully saturated rings. The number of fused-ring (bicyclic) bond motifs is 2. The molecule has 4 rings (SSSR count). The second-order valence-corrected chi connectivity index (χ2v) is 6.12. The van der Waals surface area contributed by atoms with Crippen molar-refractivity contribution >= 4 is 0 Å². The van der Waals surface area contributed by atoms with Gasteiger partial charge in [-0.2, -0.15) is 0 Å². The minimum absolute atomic E-state index is 0.316. The van der Waals surface area contributed by atoms with Gasteiger partial charge in [-0.1, -0.05) is 30.3 Å². The van der Waals surface area contributed by atoms with Crippen LogP contribution in [-0.4, -0.2) is 5.11 Å². The van der Waals surface area contributed by atoms with E-state index in [1.54, 1.807) is 0 Å². The van der Waals surface area contributed by atoms with Gasteiger partial charge in [0.2, 0.25) is 0 Å². The summed E-state index contributed by atoms with van der Waals surface area (Å²) < 4.78 is 6.03. The highest BCUT2D eigenvalue weighted by atomic mass is 16.5. The molecule has 1 atom stereocenters. The van der Waals surface area contributed by atoms with Crippen LogP contribution in [0.3, 0.4) is 0 Å². The average Bonchev–Trinajstić information content (AvgIpc) is 3.12. The number of aryl methyl sites for hydroxylation is 2. The van der Waals surface area contributed by atoms with Gasteiger partial charge in [0, 0.05) is 5.56 Å². The Hall–Kier alpha value is -1.80. The summed E-state index contributed by atoms with van der Waals surface area (Å²) in [5.74, 6) is 0.935. The van der Waals surface area contributed by atoms with Gasteiger partial charge in [0.1, 0.15) is 12.4 Å². The van der Waals surface area contributed by atoms with Crippen LogP contribution in [0.2, 0.25) is 0 Å². The van der Waals surface area contributed by atoms with E-state index in [0.717, 1.165) is 24.2 Å². The zero-order chi connectivity index (χ0) is 14.2. The topological polar surface area (TPSA) is 29.5 Å². The van der Waals surface area contributed by atoms with E-state index in [1.807, 2.05) is 18.2 Å². The van der Waals surface area contributed by atoms with E-state index in [4.69, 9.17) is 4.74 Å². The minimum Gasteiger partial charge on any atom is -0.489 e. The zero-order valence-electron chi connectivity index (χ0n) is 12.1. The lowest BCUT2D eigenvalue weighted by molar-refractivity contribution is 0.180. The quantitative estimate of drug-likeness (QED) is 0.928. The molecule has 2 aromatic carbocycles. The molecule has 1 N–H and O–H groups in total. The molecule has 0 bridgehead atoms. The maximum absolute atomic E-state index is 9.94. The van der Waals surface area contributed by atoms with Crippen molar-refractivity contribution < 1.29 is 9.84 Å². The smallest absolute Gasteiger partial charge is 0.123 e. The number of ether oxygens (including phenoxy) is 1. The highest BCUT2D eigenvalue weighted by Gasteiger charge is 2.23. The van der Waals surface area contributed by atoms with Gasteiger partial charge in [-0.15, -0.1) is 0 Å². The van der Waals surface area contributed by atoms with Crippen molar-refractivity contribution in [2.24, 2.45) is 0 Å². The Bertz CT molecular complexity index is 675. The molecule has 2 aliphatic rings. The molecule has 2 nitrogen and oxygen atoms in total. The van der Waals surface area contributed by atoms with Crippen molar-refractivity contribution in [3.63, 3.8) is 0 Å². The highest BCUT2D eigenvalue weighted by molar-refractivity contribution is 5.44. The maximum atomic E-state index is 9.94. The summed E-state index contributed by atoms with van der Waals surface area (Å²) in [6.07, 6.45) is 5.12. The number of aliphatic hydroxyl groups is 1. The summed E-state index contributed by atoms with van der Waals surface area (Å²) in [5.41, 5.74) is 6.46. The number of hydrogen-bond acceptors (Lipinski definition) is 2. The van der Waals surface area contributed by atoms with Crippen LogP contribution in [0, 0.1) is 0 Å². The predicted molar refractivity (Wildman–Crippen MR) is 82.5 cm³/mol. The summed E-state index contributed by atoms with van der Waals surface area (Å²) in [6.45, 7) is 0.611. The second-order valence-electron chi connectivity index (χ2n) is 6.12. The van der Waals surface area contributed by atoms with Gasteiger partial charge in [0.05, 0.1) is 6.10 Å². The van der Waals surface area contributed by atoms with Crippen molar-refractivity contribution in [3.05, 3.63) is 64.2 Å². The SMILES string of the molecule is OC1CCc2c(OCc3ccc4c(c3)CCC4)cccc21. The Kier molecular flexibility index (Phi) is 3.19. The second kappa shape index (κ2) is 5.19. The molecule has 0 aliphatic heterocycles. The Morgan fingerprint density at radius 2 is 1.95 bits per heavy atom. The van der Waals surface area contributed by atoms with Crippen LogP contribution in [0.5, 0.6) is 5.75 Å². The third-order valence-electron chi connectivity index (χ3n) is 4.75. The summed E-state index contributed by atoms with van der Waals surface area (Å²) in [5, 5.41) is 9.94. The molecule has 0 heterocycles. The van der Waals surface area contributed by atoms with E-state index in [-0.39, 0.29) is 6.10 Å². The van der Waals surface area contributed by atoms with Crippen LogP contribution in [0.4, 0.5) is 0 Å². The normalized spacial score (nSPS) is 19.4. The molecule has 108 valence electrons. The van der Waals surface area contributed by atoms with E-state index >= 15 is 0 Å². The number of hydrogen-bond donors (Lipinski definition) is 1. The van der Waals surface area contributed by atoms with Gasteiger partial charge in [0.25, 0.3) is 0 Å². The molecule has 0 aromatic heterocycles. The zero-order valence-corrected chi connectivity index (χ0v) is 12.1. The molecule has 2 heteroatoms. The number of rotatable bonds is 3. The fourth-order valence-corrected chi connectivity index (χ4v) is 3.61. The predicted octanol–water partition coefficient (Wildman–Crippen LogP) is 3.73. The van der Waals surface area contributed by atoms with Crippen molar-refractivity contribution in [2.75, 3.05) is 0 Å². The van der Waals surface area contributed by atoms with E-state index in [2.05, 4.69) is 18.2 Å². The van der Waals surface area contributed by atoms with E-state index in [1.165, 1.54) is 41.5 Å². The molecule has 1 unspecified atom stereocenters. The Labute approximate surface area is 125 Å². The molecule has 2 aliphatic carbocycles. The largest absolute Gasteiger partial charge is 0.489 e. The highest BCUT2D eigenvalue weighted by Crippen LogP contribution is 2.37. The lowest BCUT2D eigenvalue weighted by atomic mass is 10.1. The molecule has 21 heavy (non-hydrogen) atoms. The first-order valence-corrected chi connectivity index (χ1v) is 7.84. The fourth-order valence-electron chi connectivity index (χ4n) is 3.61. The summed E-state index contributed by atoms with van der Waals surface area (Å²) in [6, 6.07) is 12.7. The molecule has 0 saturated carbocycles. The van der Waals surface area contributed by atoms with E-state index in [9.17, 15) is 5.11 Å². The first-order chi connectivity index (χ1) is 10.3. The van der Waals surface area contributed by atoms with Crippen molar-refractivity contribution in [1.82, 2.24) is 0 Å². The molecular formula is C19H20O2.